The Kier molecular flexibility index (Phi) is 5.10. The zero-order valence-corrected chi connectivity index (χ0v) is 11.7. The Morgan fingerprint density at radius 3 is 2.82 bits per heavy atom. The van der Waals surface area contributed by atoms with Crippen molar-refractivity contribution in [1.82, 2.24) is 10.2 Å². The van der Waals surface area contributed by atoms with E-state index in [4.69, 9.17) is 0 Å². The lowest BCUT2D eigenvalue weighted by Gasteiger charge is -2.15. The molecule has 0 spiro atoms. The molecule has 3 nitrogen and oxygen atoms in total. The van der Waals surface area contributed by atoms with Crippen molar-refractivity contribution in [3.05, 3.63) is 35.4 Å². The van der Waals surface area contributed by atoms with Crippen molar-refractivity contribution in [3.63, 3.8) is 0 Å². The maximum Gasteiger partial charge on any atom is 0.194 e. The summed E-state index contributed by atoms with van der Waals surface area (Å²) in [5.74, 6) is -0.112. The van der Waals surface area contributed by atoms with Crippen molar-refractivity contribution in [2.24, 2.45) is 4.99 Å². The second-order valence-electron chi connectivity index (χ2n) is 3.72. The Balaban J connectivity index is 0.00000144. The Morgan fingerprint density at radius 2 is 2.18 bits per heavy atom. The number of guanidine groups is 1. The molecule has 0 atom stereocenters. The van der Waals surface area contributed by atoms with Gasteiger partial charge in [-0.15, -0.1) is 24.0 Å². The molecule has 0 saturated carbocycles. The molecule has 0 fully saturated rings. The molecule has 0 saturated heterocycles. The molecule has 0 bridgehead atoms. The van der Waals surface area contributed by atoms with Gasteiger partial charge in [0.2, 0.25) is 0 Å². The predicted molar refractivity (Wildman–Crippen MR) is 73.5 cm³/mol. The lowest BCUT2D eigenvalue weighted by atomic mass is 10.2. The zero-order valence-electron chi connectivity index (χ0n) is 9.41. The second kappa shape index (κ2) is 6.13. The van der Waals surface area contributed by atoms with E-state index < -0.39 is 11.6 Å². The van der Waals surface area contributed by atoms with Crippen LogP contribution < -0.4 is 5.32 Å². The molecular weight excluding hydrogens is 339 g/mol. The minimum absolute atomic E-state index is 0. The van der Waals surface area contributed by atoms with E-state index in [9.17, 15) is 8.78 Å². The van der Waals surface area contributed by atoms with Gasteiger partial charge in [0.25, 0.3) is 0 Å². The molecule has 1 aromatic carbocycles. The standard InChI is InChI=1S/C11H13F2N3.HI/c1-16-5-4-14-11(16)15-7-8-6-9(12)2-3-10(8)13;/h2-3,6H,4-5,7H2,1H3,(H,14,15);1H. The van der Waals surface area contributed by atoms with E-state index in [1.54, 1.807) is 0 Å². The quantitative estimate of drug-likeness (QED) is 0.824. The van der Waals surface area contributed by atoms with E-state index in [0.29, 0.717) is 5.56 Å². The van der Waals surface area contributed by atoms with E-state index in [2.05, 4.69) is 10.3 Å². The van der Waals surface area contributed by atoms with Crippen molar-refractivity contribution in [3.8, 4) is 0 Å². The van der Waals surface area contributed by atoms with E-state index in [-0.39, 0.29) is 30.5 Å². The minimum Gasteiger partial charge on any atom is -0.352 e. The number of nitrogens with zero attached hydrogens (tertiary/aromatic N) is 2. The average Bonchev–Trinajstić information content (AvgIpc) is 2.66. The van der Waals surface area contributed by atoms with Crippen LogP contribution in [0.4, 0.5) is 8.78 Å². The van der Waals surface area contributed by atoms with E-state index in [1.807, 2.05) is 11.9 Å². The monoisotopic (exact) mass is 353 g/mol. The molecule has 17 heavy (non-hydrogen) atoms. The van der Waals surface area contributed by atoms with Gasteiger partial charge in [0.05, 0.1) is 6.54 Å². The first-order chi connectivity index (χ1) is 7.66. The third-order valence-electron chi connectivity index (χ3n) is 2.50. The summed E-state index contributed by atoms with van der Waals surface area (Å²) < 4.78 is 26.2. The van der Waals surface area contributed by atoms with E-state index >= 15 is 0 Å². The first-order valence-electron chi connectivity index (χ1n) is 5.10. The molecule has 0 aliphatic carbocycles. The highest BCUT2D eigenvalue weighted by Crippen LogP contribution is 2.09. The molecule has 6 heteroatoms. The summed E-state index contributed by atoms with van der Waals surface area (Å²) in [6.07, 6.45) is 0. The van der Waals surface area contributed by atoms with Crippen LogP contribution in [0.2, 0.25) is 0 Å². The zero-order chi connectivity index (χ0) is 11.5. The topological polar surface area (TPSA) is 27.6 Å². The van der Waals surface area contributed by atoms with Gasteiger partial charge in [-0.3, -0.25) is 4.99 Å². The van der Waals surface area contributed by atoms with E-state index in [1.165, 1.54) is 6.07 Å². The highest BCUT2D eigenvalue weighted by atomic mass is 127. The van der Waals surface area contributed by atoms with Crippen LogP contribution in [0.3, 0.4) is 0 Å². The van der Waals surface area contributed by atoms with Crippen LogP contribution in [-0.2, 0) is 6.54 Å². The fourth-order valence-electron chi connectivity index (χ4n) is 1.58. The normalized spacial score (nSPS) is 14.3. The van der Waals surface area contributed by atoms with Crippen molar-refractivity contribution >= 4 is 29.9 Å². The van der Waals surface area contributed by atoms with Crippen LogP contribution in [0.1, 0.15) is 5.56 Å². The van der Waals surface area contributed by atoms with Gasteiger partial charge < -0.3 is 10.2 Å². The molecule has 0 amide bonds. The first kappa shape index (κ1) is 14.1. The average molecular weight is 353 g/mol. The first-order valence-corrected chi connectivity index (χ1v) is 5.10. The highest BCUT2D eigenvalue weighted by Gasteiger charge is 2.12. The molecule has 0 unspecified atom stereocenters. The molecule has 1 aliphatic rings. The van der Waals surface area contributed by atoms with Gasteiger partial charge in [-0.1, -0.05) is 0 Å². The van der Waals surface area contributed by atoms with Gasteiger partial charge in [0.1, 0.15) is 11.6 Å². The maximum absolute atomic E-state index is 13.3. The minimum atomic E-state index is -0.431. The number of likely N-dealkylation sites (N-methyl/N-ethyl adjacent to an activating group) is 1. The van der Waals surface area contributed by atoms with Gasteiger partial charge in [-0.2, -0.15) is 0 Å². The van der Waals surface area contributed by atoms with Gasteiger partial charge in [0.15, 0.2) is 5.96 Å². The van der Waals surface area contributed by atoms with Crippen molar-refractivity contribution in [1.29, 1.82) is 0 Å². The van der Waals surface area contributed by atoms with Crippen LogP contribution >= 0.6 is 24.0 Å². The summed E-state index contributed by atoms with van der Waals surface area (Å²) in [5, 5.41) is 2.98. The molecule has 0 aromatic heterocycles. The molecule has 94 valence electrons. The molecule has 1 aromatic rings. The van der Waals surface area contributed by atoms with Crippen LogP contribution in [0.5, 0.6) is 0 Å². The Hall–Kier alpha value is -0.920. The van der Waals surface area contributed by atoms with Gasteiger partial charge in [-0.05, 0) is 18.2 Å². The third-order valence-corrected chi connectivity index (χ3v) is 2.50. The van der Waals surface area contributed by atoms with Crippen molar-refractivity contribution < 1.29 is 8.78 Å². The van der Waals surface area contributed by atoms with E-state index in [0.717, 1.165) is 31.2 Å². The Morgan fingerprint density at radius 1 is 1.41 bits per heavy atom. The second-order valence-corrected chi connectivity index (χ2v) is 3.72. The number of rotatable bonds is 2. The SMILES string of the molecule is CN1CCN=C1NCc1cc(F)ccc1F.I. The number of hydrogen-bond donors (Lipinski definition) is 1. The number of benzene rings is 1. The predicted octanol–water partition coefficient (Wildman–Crippen LogP) is 1.97. The summed E-state index contributed by atoms with van der Waals surface area (Å²) >= 11 is 0. The number of hydrogen-bond acceptors (Lipinski definition) is 3. The molecule has 1 N–H and O–H groups in total. The van der Waals surface area contributed by atoms with Crippen LogP contribution in [0.25, 0.3) is 0 Å². The summed E-state index contributed by atoms with van der Waals surface area (Å²) in [6.45, 7) is 1.84. The molecule has 1 heterocycles. The number of halogens is 3. The van der Waals surface area contributed by atoms with Gasteiger partial charge in [0, 0.05) is 25.7 Å². The third kappa shape index (κ3) is 3.52. The maximum atomic E-state index is 13.3. The van der Waals surface area contributed by atoms with Crippen molar-refractivity contribution in [2.75, 3.05) is 20.1 Å². The van der Waals surface area contributed by atoms with Crippen LogP contribution in [0.15, 0.2) is 23.2 Å². The summed E-state index contributed by atoms with van der Waals surface area (Å²) in [4.78, 5) is 6.14. The fourth-order valence-corrected chi connectivity index (χ4v) is 1.58. The van der Waals surface area contributed by atoms with Gasteiger partial charge >= 0.3 is 0 Å². The molecule has 0 radical (unpaired) electrons. The molecular formula is C11H14F2IN3. The summed E-state index contributed by atoms with van der Waals surface area (Å²) in [6, 6.07) is 3.43. The highest BCUT2D eigenvalue weighted by molar-refractivity contribution is 14.0. The Bertz CT molecular complexity index is 423. The lowest BCUT2D eigenvalue weighted by Crippen LogP contribution is -2.35. The smallest absolute Gasteiger partial charge is 0.194 e. The summed E-state index contributed by atoms with van der Waals surface area (Å²) in [7, 11) is 1.90. The Labute approximate surface area is 116 Å². The summed E-state index contributed by atoms with van der Waals surface area (Å²) in [5.41, 5.74) is 0.308. The van der Waals surface area contributed by atoms with Gasteiger partial charge in [-0.25, -0.2) is 8.78 Å². The largest absolute Gasteiger partial charge is 0.352 e. The number of aliphatic imine (C=N–C) groups is 1. The van der Waals surface area contributed by atoms with Crippen molar-refractivity contribution in [2.45, 2.75) is 6.54 Å². The van der Waals surface area contributed by atoms with Crippen LogP contribution in [-0.4, -0.2) is 31.0 Å². The van der Waals surface area contributed by atoms with Crippen LogP contribution in [0, 0.1) is 11.6 Å². The number of nitrogens with one attached hydrogen (secondary N) is 1. The molecule has 1 aliphatic heterocycles. The fraction of sp³-hybridized carbons (Fsp3) is 0.364. The lowest BCUT2D eigenvalue weighted by molar-refractivity contribution is 0.529. The molecule has 2 rings (SSSR count).